The second-order valence-electron chi connectivity index (χ2n) is 2.29. The summed E-state index contributed by atoms with van der Waals surface area (Å²) in [6.45, 7) is 0. The lowest BCUT2D eigenvalue weighted by Gasteiger charge is -2.07. The van der Waals surface area contributed by atoms with E-state index in [9.17, 15) is 8.78 Å². The smallest absolute Gasteiger partial charge is 0.184 e. The molecule has 0 aromatic heterocycles. The highest BCUT2D eigenvalue weighted by Gasteiger charge is 2.08. The van der Waals surface area contributed by atoms with Crippen LogP contribution in [0.3, 0.4) is 0 Å². The highest BCUT2D eigenvalue weighted by atomic mass is 32.1. The molecule has 1 aromatic carbocycles. The van der Waals surface area contributed by atoms with Gasteiger partial charge in [0.2, 0.25) is 0 Å². The van der Waals surface area contributed by atoms with Crippen LogP contribution in [-0.2, 0) is 0 Å². The number of halogens is 2. The molecule has 0 aliphatic heterocycles. The van der Waals surface area contributed by atoms with E-state index in [0.717, 1.165) is 12.1 Å². The van der Waals surface area contributed by atoms with E-state index in [1.165, 1.54) is 12.3 Å². The molecule has 0 bridgehead atoms. The van der Waals surface area contributed by atoms with Gasteiger partial charge in [0.25, 0.3) is 0 Å². The molecule has 72 valence electrons. The van der Waals surface area contributed by atoms with Gasteiger partial charge in [-0.3, -0.25) is 5.32 Å². The summed E-state index contributed by atoms with van der Waals surface area (Å²) in [5, 5.41) is 12.3. The number of hydrogen-bond donors (Lipinski definition) is 2. The number of para-hydroxylation sites is 1. The Kier molecular flexibility index (Phi) is 3.31. The van der Waals surface area contributed by atoms with Crippen LogP contribution in [0.15, 0.2) is 18.2 Å². The van der Waals surface area contributed by atoms with E-state index >= 15 is 0 Å². The number of nitriles is 1. The number of nitrogens with zero attached hydrogens (tertiary/aromatic N) is 1. The molecule has 0 atom stereocenters. The Balaban J connectivity index is 2.87. The maximum Gasteiger partial charge on any atom is 0.184 e. The first kappa shape index (κ1) is 10.3. The molecule has 1 aromatic rings. The highest BCUT2D eigenvalue weighted by Crippen LogP contribution is 2.17. The molecule has 2 N–H and O–H groups in total. The van der Waals surface area contributed by atoms with Crippen molar-refractivity contribution < 1.29 is 8.78 Å². The molecular formula is C8H5F2N3S. The van der Waals surface area contributed by atoms with E-state index in [-0.39, 0.29) is 10.8 Å². The fourth-order valence-electron chi connectivity index (χ4n) is 0.813. The van der Waals surface area contributed by atoms with Crippen LogP contribution in [0.4, 0.5) is 14.5 Å². The maximum absolute atomic E-state index is 13.0. The summed E-state index contributed by atoms with van der Waals surface area (Å²) < 4.78 is 26.0. The first-order valence-corrected chi connectivity index (χ1v) is 3.96. The van der Waals surface area contributed by atoms with Crippen LogP contribution in [0.5, 0.6) is 0 Å². The van der Waals surface area contributed by atoms with Crippen molar-refractivity contribution >= 4 is 23.0 Å². The summed E-state index contributed by atoms with van der Waals surface area (Å²) in [7, 11) is 0. The van der Waals surface area contributed by atoms with Crippen molar-refractivity contribution in [2.45, 2.75) is 0 Å². The topological polar surface area (TPSA) is 47.9 Å². The Morgan fingerprint density at radius 1 is 1.36 bits per heavy atom. The van der Waals surface area contributed by atoms with Crippen LogP contribution in [-0.4, -0.2) is 5.11 Å². The standard InChI is InChI=1S/C8H5F2N3S/c9-5-2-1-3-6(10)7(5)13-8(14)12-4-11/h1-3H,(H2,12,13,14). The molecule has 0 heterocycles. The monoisotopic (exact) mass is 213 g/mol. The minimum absolute atomic E-state index is 0.156. The van der Waals surface area contributed by atoms with E-state index in [2.05, 4.69) is 17.5 Å². The number of hydrogen-bond acceptors (Lipinski definition) is 2. The van der Waals surface area contributed by atoms with Gasteiger partial charge in [-0.1, -0.05) is 6.07 Å². The molecule has 0 saturated heterocycles. The van der Waals surface area contributed by atoms with Crippen molar-refractivity contribution in [1.82, 2.24) is 5.32 Å². The lowest BCUT2D eigenvalue weighted by atomic mass is 10.3. The zero-order chi connectivity index (χ0) is 10.6. The molecule has 0 fully saturated rings. The Labute approximate surface area is 84.3 Å². The summed E-state index contributed by atoms with van der Waals surface area (Å²) >= 11 is 4.58. The summed E-state index contributed by atoms with van der Waals surface area (Å²) in [5.74, 6) is -1.54. The number of benzene rings is 1. The fraction of sp³-hybridized carbons (Fsp3) is 0. The molecule has 0 spiro atoms. The molecular weight excluding hydrogens is 208 g/mol. The zero-order valence-electron chi connectivity index (χ0n) is 6.84. The zero-order valence-corrected chi connectivity index (χ0v) is 7.66. The van der Waals surface area contributed by atoms with Gasteiger partial charge in [-0.25, -0.2) is 8.78 Å². The Morgan fingerprint density at radius 3 is 2.43 bits per heavy atom. The number of thiocarbonyl (C=S) groups is 1. The lowest BCUT2D eigenvalue weighted by Crippen LogP contribution is -2.24. The van der Waals surface area contributed by atoms with E-state index < -0.39 is 11.6 Å². The van der Waals surface area contributed by atoms with Crippen molar-refractivity contribution in [1.29, 1.82) is 5.26 Å². The van der Waals surface area contributed by atoms with Crippen LogP contribution >= 0.6 is 12.2 Å². The van der Waals surface area contributed by atoms with Crippen LogP contribution in [0.2, 0.25) is 0 Å². The summed E-state index contributed by atoms with van der Waals surface area (Å²) in [6, 6.07) is 3.40. The van der Waals surface area contributed by atoms with Crippen LogP contribution in [0, 0.1) is 23.1 Å². The minimum atomic E-state index is -0.771. The van der Waals surface area contributed by atoms with Crippen molar-refractivity contribution in [3.8, 4) is 6.19 Å². The second-order valence-corrected chi connectivity index (χ2v) is 2.70. The SMILES string of the molecule is N#CNC(=S)Nc1c(F)cccc1F. The van der Waals surface area contributed by atoms with Gasteiger partial charge in [-0.05, 0) is 24.4 Å². The van der Waals surface area contributed by atoms with Gasteiger partial charge in [0.1, 0.15) is 17.3 Å². The Morgan fingerprint density at radius 2 is 1.93 bits per heavy atom. The number of nitrogens with one attached hydrogen (secondary N) is 2. The van der Waals surface area contributed by atoms with Gasteiger partial charge in [0.15, 0.2) is 11.3 Å². The summed E-state index contributed by atoms with van der Waals surface area (Å²) in [6.07, 6.45) is 1.53. The molecule has 0 aliphatic rings. The average molecular weight is 213 g/mol. The van der Waals surface area contributed by atoms with Crippen molar-refractivity contribution in [3.63, 3.8) is 0 Å². The fourth-order valence-corrected chi connectivity index (χ4v) is 0.960. The molecule has 0 aliphatic carbocycles. The first-order valence-electron chi connectivity index (χ1n) is 3.55. The van der Waals surface area contributed by atoms with Gasteiger partial charge < -0.3 is 5.32 Å². The Bertz CT molecular complexity index is 380. The first-order chi connectivity index (χ1) is 6.65. The Hall–Kier alpha value is -1.74. The predicted octanol–water partition coefficient (Wildman–Crippen LogP) is 1.73. The minimum Gasteiger partial charge on any atom is -0.327 e. The molecule has 1 rings (SSSR count). The van der Waals surface area contributed by atoms with Gasteiger partial charge in [0, 0.05) is 0 Å². The molecule has 6 heteroatoms. The van der Waals surface area contributed by atoms with Crippen molar-refractivity contribution in [3.05, 3.63) is 29.8 Å². The highest BCUT2D eigenvalue weighted by molar-refractivity contribution is 7.80. The second kappa shape index (κ2) is 4.48. The molecule has 0 saturated carbocycles. The number of anilines is 1. The summed E-state index contributed by atoms with van der Waals surface area (Å²) in [5.41, 5.74) is -0.375. The lowest BCUT2D eigenvalue weighted by molar-refractivity contribution is 0.591. The molecule has 0 unspecified atom stereocenters. The third-order valence-corrected chi connectivity index (χ3v) is 1.57. The van der Waals surface area contributed by atoms with Gasteiger partial charge in [-0.15, -0.1) is 0 Å². The van der Waals surface area contributed by atoms with Crippen LogP contribution in [0.25, 0.3) is 0 Å². The van der Waals surface area contributed by atoms with Crippen molar-refractivity contribution in [2.24, 2.45) is 0 Å². The van der Waals surface area contributed by atoms with Gasteiger partial charge in [-0.2, -0.15) is 5.26 Å². The van der Waals surface area contributed by atoms with E-state index in [4.69, 9.17) is 5.26 Å². The third-order valence-electron chi connectivity index (χ3n) is 1.37. The molecule has 3 nitrogen and oxygen atoms in total. The normalized spacial score (nSPS) is 8.93. The predicted molar refractivity (Wildman–Crippen MR) is 51.3 cm³/mol. The van der Waals surface area contributed by atoms with Crippen LogP contribution in [0.1, 0.15) is 0 Å². The van der Waals surface area contributed by atoms with Crippen LogP contribution < -0.4 is 10.6 Å². The molecule has 14 heavy (non-hydrogen) atoms. The van der Waals surface area contributed by atoms with E-state index in [1.807, 2.05) is 5.32 Å². The van der Waals surface area contributed by atoms with Gasteiger partial charge >= 0.3 is 0 Å². The number of rotatable bonds is 1. The average Bonchev–Trinajstić information content (AvgIpc) is 2.12. The maximum atomic E-state index is 13.0. The third kappa shape index (κ3) is 2.37. The summed E-state index contributed by atoms with van der Waals surface area (Å²) in [4.78, 5) is 0. The van der Waals surface area contributed by atoms with E-state index in [1.54, 1.807) is 0 Å². The molecule has 0 amide bonds. The van der Waals surface area contributed by atoms with E-state index in [0.29, 0.717) is 0 Å². The van der Waals surface area contributed by atoms with Crippen molar-refractivity contribution in [2.75, 3.05) is 5.32 Å². The largest absolute Gasteiger partial charge is 0.327 e. The quantitative estimate of drug-likeness (QED) is 0.423. The molecule has 0 radical (unpaired) electrons. The van der Waals surface area contributed by atoms with Gasteiger partial charge in [0.05, 0.1) is 0 Å².